The van der Waals surface area contributed by atoms with E-state index in [1.165, 1.54) is 0 Å². The molecule has 6 nitrogen and oxygen atoms in total. The zero-order valence-electron chi connectivity index (χ0n) is 12.5. The van der Waals surface area contributed by atoms with Crippen LogP contribution >= 0.6 is 0 Å². The predicted molar refractivity (Wildman–Crippen MR) is 78.5 cm³/mol. The molecule has 2 rings (SSSR count). The van der Waals surface area contributed by atoms with Gasteiger partial charge in [-0.1, -0.05) is 17.3 Å². The topological polar surface area (TPSA) is 69.2 Å². The van der Waals surface area contributed by atoms with Crippen LogP contribution in [-0.2, 0) is 14.4 Å². The van der Waals surface area contributed by atoms with E-state index in [1.807, 2.05) is 31.2 Å². The summed E-state index contributed by atoms with van der Waals surface area (Å²) in [5, 5.41) is 6.84. The molecule has 0 aromatic heterocycles. The third-order valence-electron chi connectivity index (χ3n) is 3.17. The molecule has 0 saturated carbocycles. The highest BCUT2D eigenvalue weighted by Crippen LogP contribution is 2.20. The molecule has 0 aliphatic carbocycles. The summed E-state index contributed by atoms with van der Waals surface area (Å²) in [4.78, 5) is 17.3. The molecular formula is C15H20N2O4. The normalized spacial score (nSPS) is 18.6. The van der Waals surface area contributed by atoms with Gasteiger partial charge < -0.3 is 19.6 Å². The minimum Gasteiger partial charge on any atom is -0.497 e. The fourth-order valence-corrected chi connectivity index (χ4v) is 2.12. The highest BCUT2D eigenvalue weighted by molar-refractivity contribution is 6.04. The standard InChI is InChI=1S/C15H20N2O4/c1-10(9-19-2)16-15(18)14-8-13(17-21-14)11-5-4-6-12(7-11)20-3/h4-7,10,14H,8-9H2,1-3H3,(H,16,18)/t10-,14+/m0/s1. The lowest BCUT2D eigenvalue weighted by Crippen LogP contribution is -2.42. The van der Waals surface area contributed by atoms with Crippen molar-refractivity contribution in [2.45, 2.75) is 25.5 Å². The Hall–Kier alpha value is -2.08. The summed E-state index contributed by atoms with van der Waals surface area (Å²) < 4.78 is 10.2. The molecule has 6 heteroatoms. The number of methoxy groups -OCH3 is 2. The summed E-state index contributed by atoms with van der Waals surface area (Å²) in [6.45, 7) is 2.34. The van der Waals surface area contributed by atoms with Gasteiger partial charge >= 0.3 is 0 Å². The molecule has 1 amide bonds. The van der Waals surface area contributed by atoms with Crippen LogP contribution in [0.5, 0.6) is 5.75 Å². The number of rotatable bonds is 6. The fourth-order valence-electron chi connectivity index (χ4n) is 2.12. The lowest BCUT2D eigenvalue weighted by molar-refractivity contribution is -0.132. The molecule has 0 unspecified atom stereocenters. The summed E-state index contributed by atoms with van der Waals surface area (Å²) >= 11 is 0. The third kappa shape index (κ3) is 3.95. The van der Waals surface area contributed by atoms with Crippen LogP contribution in [0.1, 0.15) is 18.9 Å². The van der Waals surface area contributed by atoms with Gasteiger partial charge in [0.25, 0.3) is 5.91 Å². The Balaban J connectivity index is 1.94. The Morgan fingerprint density at radius 2 is 2.33 bits per heavy atom. The van der Waals surface area contributed by atoms with E-state index in [9.17, 15) is 4.79 Å². The third-order valence-corrected chi connectivity index (χ3v) is 3.17. The molecule has 2 atom stereocenters. The van der Waals surface area contributed by atoms with Gasteiger partial charge in [-0.15, -0.1) is 0 Å². The van der Waals surface area contributed by atoms with Crippen LogP contribution in [0.2, 0.25) is 0 Å². The van der Waals surface area contributed by atoms with Gasteiger partial charge in [0.15, 0.2) is 0 Å². The minimum absolute atomic E-state index is 0.0630. The van der Waals surface area contributed by atoms with Crippen LogP contribution in [0, 0.1) is 0 Å². The number of nitrogens with one attached hydrogen (secondary N) is 1. The monoisotopic (exact) mass is 292 g/mol. The largest absolute Gasteiger partial charge is 0.497 e. The number of nitrogens with zero attached hydrogens (tertiary/aromatic N) is 1. The second kappa shape index (κ2) is 7.08. The highest BCUT2D eigenvalue weighted by atomic mass is 16.6. The molecule has 1 N–H and O–H groups in total. The smallest absolute Gasteiger partial charge is 0.264 e. The molecule has 1 aliphatic heterocycles. The molecule has 0 bridgehead atoms. The summed E-state index contributed by atoms with van der Waals surface area (Å²) in [5.74, 6) is 0.568. The van der Waals surface area contributed by atoms with Gasteiger partial charge in [-0.2, -0.15) is 0 Å². The van der Waals surface area contributed by atoms with Crippen molar-refractivity contribution >= 4 is 11.6 Å². The number of ether oxygens (including phenoxy) is 2. The molecule has 0 fully saturated rings. The Bertz CT molecular complexity index is 530. The van der Waals surface area contributed by atoms with Crippen molar-refractivity contribution in [3.05, 3.63) is 29.8 Å². The first kappa shape index (κ1) is 15.3. The van der Waals surface area contributed by atoms with Gasteiger partial charge in [0.1, 0.15) is 5.75 Å². The quantitative estimate of drug-likeness (QED) is 0.859. The lowest BCUT2D eigenvalue weighted by atomic mass is 10.0. The van der Waals surface area contributed by atoms with Crippen LogP contribution in [0.4, 0.5) is 0 Å². The zero-order chi connectivity index (χ0) is 15.2. The Morgan fingerprint density at radius 3 is 3.05 bits per heavy atom. The summed E-state index contributed by atoms with van der Waals surface area (Å²) in [5.41, 5.74) is 1.64. The van der Waals surface area contributed by atoms with Crippen molar-refractivity contribution in [2.75, 3.05) is 20.8 Å². The van der Waals surface area contributed by atoms with Crippen molar-refractivity contribution in [2.24, 2.45) is 5.16 Å². The SMILES string of the molecule is COC[C@H](C)NC(=O)[C@H]1CC(c2cccc(OC)c2)=NO1. The second-order valence-corrected chi connectivity index (χ2v) is 4.93. The van der Waals surface area contributed by atoms with E-state index in [2.05, 4.69) is 10.5 Å². The molecule has 21 heavy (non-hydrogen) atoms. The molecule has 0 spiro atoms. The molecule has 1 heterocycles. The van der Waals surface area contributed by atoms with E-state index >= 15 is 0 Å². The van der Waals surface area contributed by atoms with Crippen molar-refractivity contribution < 1.29 is 19.1 Å². The van der Waals surface area contributed by atoms with Gasteiger partial charge in [0, 0.05) is 25.1 Å². The first-order valence-corrected chi connectivity index (χ1v) is 6.80. The summed E-state index contributed by atoms with van der Waals surface area (Å²) in [7, 11) is 3.21. The predicted octanol–water partition coefficient (Wildman–Crippen LogP) is 1.34. The molecule has 0 radical (unpaired) electrons. The Morgan fingerprint density at radius 1 is 1.52 bits per heavy atom. The molecule has 1 aromatic rings. The minimum atomic E-state index is -0.592. The summed E-state index contributed by atoms with van der Waals surface area (Å²) in [6, 6.07) is 7.46. The number of hydrogen-bond acceptors (Lipinski definition) is 5. The number of hydrogen-bond donors (Lipinski definition) is 1. The Kier molecular flexibility index (Phi) is 5.16. The molecule has 0 saturated heterocycles. The number of carbonyl (C=O) groups excluding carboxylic acids is 1. The van der Waals surface area contributed by atoms with E-state index in [0.717, 1.165) is 17.0 Å². The zero-order valence-corrected chi connectivity index (χ0v) is 12.5. The van der Waals surface area contributed by atoms with E-state index in [-0.39, 0.29) is 11.9 Å². The van der Waals surface area contributed by atoms with Crippen LogP contribution < -0.4 is 10.1 Å². The van der Waals surface area contributed by atoms with Crippen molar-refractivity contribution in [3.8, 4) is 5.75 Å². The van der Waals surface area contributed by atoms with Gasteiger partial charge in [0.2, 0.25) is 6.10 Å². The molecular weight excluding hydrogens is 272 g/mol. The highest BCUT2D eigenvalue weighted by Gasteiger charge is 2.29. The van der Waals surface area contributed by atoms with Gasteiger partial charge in [-0.25, -0.2) is 0 Å². The van der Waals surface area contributed by atoms with E-state index in [0.29, 0.717) is 13.0 Å². The maximum absolute atomic E-state index is 12.0. The maximum Gasteiger partial charge on any atom is 0.264 e. The van der Waals surface area contributed by atoms with Gasteiger partial charge in [0.05, 0.1) is 19.4 Å². The van der Waals surface area contributed by atoms with Crippen LogP contribution in [0.25, 0.3) is 0 Å². The second-order valence-electron chi connectivity index (χ2n) is 4.93. The van der Waals surface area contributed by atoms with Crippen molar-refractivity contribution in [1.82, 2.24) is 5.32 Å². The fraction of sp³-hybridized carbons (Fsp3) is 0.467. The van der Waals surface area contributed by atoms with Crippen molar-refractivity contribution in [1.29, 1.82) is 0 Å². The van der Waals surface area contributed by atoms with Crippen molar-refractivity contribution in [3.63, 3.8) is 0 Å². The number of carbonyl (C=O) groups is 1. The van der Waals surface area contributed by atoms with E-state index < -0.39 is 6.10 Å². The lowest BCUT2D eigenvalue weighted by Gasteiger charge is -2.15. The summed E-state index contributed by atoms with van der Waals surface area (Å²) in [6.07, 6.45) is -0.149. The average Bonchev–Trinajstić information content (AvgIpc) is 2.97. The molecule has 114 valence electrons. The van der Waals surface area contributed by atoms with E-state index in [4.69, 9.17) is 14.3 Å². The number of benzene rings is 1. The van der Waals surface area contributed by atoms with Gasteiger partial charge in [-0.05, 0) is 19.1 Å². The number of amides is 1. The maximum atomic E-state index is 12.0. The first-order valence-electron chi connectivity index (χ1n) is 6.80. The first-order chi connectivity index (χ1) is 10.1. The van der Waals surface area contributed by atoms with Crippen LogP contribution in [-0.4, -0.2) is 44.6 Å². The average molecular weight is 292 g/mol. The molecule has 1 aromatic carbocycles. The van der Waals surface area contributed by atoms with Crippen LogP contribution in [0.3, 0.4) is 0 Å². The Labute approximate surface area is 124 Å². The van der Waals surface area contributed by atoms with Gasteiger partial charge in [-0.3, -0.25) is 4.79 Å². The number of oxime groups is 1. The molecule has 1 aliphatic rings. The van der Waals surface area contributed by atoms with Crippen LogP contribution in [0.15, 0.2) is 29.4 Å². The van der Waals surface area contributed by atoms with E-state index in [1.54, 1.807) is 14.2 Å².